The second-order valence-corrected chi connectivity index (χ2v) is 10.7. The van der Waals surface area contributed by atoms with E-state index in [-0.39, 0.29) is 22.4 Å². The summed E-state index contributed by atoms with van der Waals surface area (Å²) in [7, 11) is 0. The highest BCUT2D eigenvalue weighted by Gasteiger charge is 2.56. The number of rotatable bonds is 6. The average Bonchev–Trinajstić information content (AvgIpc) is 3.06. The van der Waals surface area contributed by atoms with Crippen molar-refractivity contribution in [1.82, 2.24) is 0 Å². The van der Waals surface area contributed by atoms with Crippen molar-refractivity contribution in [3.8, 4) is 0 Å². The Morgan fingerprint density at radius 2 is 1.71 bits per heavy atom. The third kappa shape index (κ3) is 3.40. The first-order chi connectivity index (χ1) is 10.9. The maximum Gasteiger partial charge on any atom is 0.312 e. The van der Waals surface area contributed by atoms with Gasteiger partial charge in [-0.1, -0.05) is 48.5 Å². The molecule has 0 spiro atoms. The topological polar surface area (TPSA) is 26.3 Å². The quantitative estimate of drug-likeness (QED) is 0.526. The van der Waals surface area contributed by atoms with Crippen LogP contribution in [-0.4, -0.2) is 11.6 Å². The van der Waals surface area contributed by atoms with Crippen molar-refractivity contribution in [1.29, 1.82) is 0 Å². The molecule has 0 saturated heterocycles. The second kappa shape index (κ2) is 6.32. The summed E-state index contributed by atoms with van der Waals surface area (Å²) >= 11 is 0. The largest absolute Gasteiger partial charge is 0.458 e. The summed E-state index contributed by atoms with van der Waals surface area (Å²) in [5.41, 5.74) is -0.578. The van der Waals surface area contributed by atoms with Crippen molar-refractivity contribution in [2.75, 3.05) is 0 Å². The summed E-state index contributed by atoms with van der Waals surface area (Å²) in [6.07, 6.45) is 7.78. The van der Waals surface area contributed by atoms with Gasteiger partial charge in [0.1, 0.15) is 5.60 Å². The van der Waals surface area contributed by atoms with Crippen LogP contribution in [0.15, 0.2) is 0 Å². The fraction of sp³-hybridized carbons (Fsp3) is 0.955. The molecule has 0 aliphatic heterocycles. The molecule has 2 rings (SSSR count). The zero-order valence-corrected chi connectivity index (χ0v) is 17.4. The van der Waals surface area contributed by atoms with E-state index in [4.69, 9.17) is 4.74 Å². The number of esters is 1. The van der Waals surface area contributed by atoms with Crippen LogP contribution in [0.3, 0.4) is 0 Å². The molecule has 0 aromatic rings. The molecule has 2 heteroatoms. The molecule has 0 aromatic carbocycles. The molecule has 0 heterocycles. The molecule has 2 aliphatic rings. The number of ether oxygens (including phenoxy) is 1. The molecular weight excluding hydrogens is 296 g/mol. The van der Waals surface area contributed by atoms with E-state index in [0.29, 0.717) is 5.92 Å². The molecule has 2 aliphatic carbocycles. The molecule has 0 N–H and O–H groups in total. The van der Waals surface area contributed by atoms with Crippen LogP contribution in [-0.2, 0) is 9.53 Å². The molecule has 0 aromatic heterocycles. The fourth-order valence-electron chi connectivity index (χ4n) is 5.36. The van der Waals surface area contributed by atoms with Gasteiger partial charge in [0.2, 0.25) is 0 Å². The van der Waals surface area contributed by atoms with Crippen LogP contribution in [0.25, 0.3) is 0 Å². The maximum atomic E-state index is 13.5. The number of hydrogen-bond donors (Lipinski definition) is 0. The molecule has 0 radical (unpaired) electrons. The van der Waals surface area contributed by atoms with Gasteiger partial charge >= 0.3 is 5.97 Å². The minimum absolute atomic E-state index is 0.0543. The summed E-state index contributed by atoms with van der Waals surface area (Å²) in [6.45, 7) is 17.7. The Morgan fingerprint density at radius 1 is 1.08 bits per heavy atom. The predicted octanol–water partition coefficient (Wildman–Crippen LogP) is 6.38. The SMILES string of the molecule is CCC1(OC(=O)C(C)(CC(C)(C)C)C(C)(C)CC)CC2CCC1C2. The Labute approximate surface area is 150 Å². The Bertz CT molecular complexity index is 473. The van der Waals surface area contributed by atoms with Gasteiger partial charge in [-0.2, -0.15) is 0 Å². The Kier molecular flexibility index (Phi) is 5.21. The Hall–Kier alpha value is -0.530. The molecular formula is C22H40O2. The predicted molar refractivity (Wildman–Crippen MR) is 101 cm³/mol. The highest BCUT2D eigenvalue weighted by atomic mass is 16.6. The maximum absolute atomic E-state index is 13.5. The van der Waals surface area contributed by atoms with Crippen LogP contribution in [0, 0.1) is 28.1 Å². The smallest absolute Gasteiger partial charge is 0.312 e. The molecule has 140 valence electrons. The zero-order valence-electron chi connectivity index (χ0n) is 17.4. The minimum Gasteiger partial charge on any atom is -0.458 e. The first-order valence-electron chi connectivity index (χ1n) is 10.1. The number of hydrogen-bond acceptors (Lipinski definition) is 2. The normalized spacial score (nSPS) is 32.7. The van der Waals surface area contributed by atoms with Gasteiger partial charge in [-0.3, -0.25) is 4.79 Å². The monoisotopic (exact) mass is 336 g/mol. The summed E-state index contributed by atoms with van der Waals surface area (Å²) in [5, 5.41) is 0. The Morgan fingerprint density at radius 3 is 2.08 bits per heavy atom. The van der Waals surface area contributed by atoms with Gasteiger partial charge in [0.25, 0.3) is 0 Å². The average molecular weight is 337 g/mol. The van der Waals surface area contributed by atoms with Crippen LogP contribution in [0.4, 0.5) is 0 Å². The lowest BCUT2D eigenvalue weighted by molar-refractivity contribution is -0.188. The van der Waals surface area contributed by atoms with E-state index in [1.54, 1.807) is 0 Å². The fourth-order valence-corrected chi connectivity index (χ4v) is 5.36. The van der Waals surface area contributed by atoms with E-state index >= 15 is 0 Å². The molecule has 4 unspecified atom stereocenters. The third-order valence-electron chi connectivity index (χ3n) is 7.53. The van der Waals surface area contributed by atoms with Gasteiger partial charge in [-0.25, -0.2) is 0 Å². The van der Waals surface area contributed by atoms with Crippen molar-refractivity contribution in [2.24, 2.45) is 28.1 Å². The molecule has 2 saturated carbocycles. The molecule has 4 atom stereocenters. The van der Waals surface area contributed by atoms with Crippen molar-refractivity contribution in [2.45, 2.75) is 106 Å². The van der Waals surface area contributed by atoms with Crippen molar-refractivity contribution < 1.29 is 9.53 Å². The van der Waals surface area contributed by atoms with Gasteiger partial charge < -0.3 is 4.74 Å². The first kappa shape index (κ1) is 19.8. The highest BCUT2D eigenvalue weighted by molar-refractivity contribution is 5.78. The molecule has 2 fully saturated rings. The van der Waals surface area contributed by atoms with E-state index in [9.17, 15) is 4.79 Å². The summed E-state index contributed by atoms with van der Waals surface area (Å²) in [6, 6.07) is 0. The lowest BCUT2D eigenvalue weighted by atomic mass is 9.59. The molecule has 24 heavy (non-hydrogen) atoms. The summed E-state index contributed by atoms with van der Waals surface area (Å²) < 4.78 is 6.44. The lowest BCUT2D eigenvalue weighted by Crippen LogP contribution is -2.50. The van der Waals surface area contributed by atoms with E-state index in [1.165, 1.54) is 19.3 Å². The van der Waals surface area contributed by atoms with Crippen molar-refractivity contribution in [3.05, 3.63) is 0 Å². The van der Waals surface area contributed by atoms with E-state index in [2.05, 4.69) is 55.4 Å². The van der Waals surface area contributed by atoms with Crippen LogP contribution >= 0.6 is 0 Å². The van der Waals surface area contributed by atoms with Gasteiger partial charge in [0, 0.05) is 0 Å². The van der Waals surface area contributed by atoms with Gasteiger partial charge in [0.15, 0.2) is 0 Å². The van der Waals surface area contributed by atoms with Crippen LogP contribution in [0.5, 0.6) is 0 Å². The first-order valence-corrected chi connectivity index (χ1v) is 10.1. The minimum atomic E-state index is -0.440. The molecule has 0 amide bonds. The standard InChI is InChI=1S/C22H40O2/c1-9-20(6,7)21(8,15-19(3,4)5)18(23)24-22(10-2)14-16-11-12-17(22)13-16/h16-17H,9-15H2,1-8H3. The zero-order chi connectivity index (χ0) is 18.4. The van der Waals surface area contributed by atoms with E-state index < -0.39 is 5.41 Å². The molecule has 2 bridgehead atoms. The summed E-state index contributed by atoms with van der Waals surface area (Å²) in [4.78, 5) is 13.5. The number of fused-ring (bicyclic) bond motifs is 2. The third-order valence-corrected chi connectivity index (χ3v) is 7.53. The summed E-state index contributed by atoms with van der Waals surface area (Å²) in [5.74, 6) is 1.44. The van der Waals surface area contributed by atoms with E-state index in [0.717, 1.165) is 31.6 Å². The van der Waals surface area contributed by atoms with Crippen molar-refractivity contribution in [3.63, 3.8) is 0 Å². The van der Waals surface area contributed by atoms with Gasteiger partial charge in [0.05, 0.1) is 5.41 Å². The highest BCUT2D eigenvalue weighted by Crippen LogP contribution is 2.56. The lowest BCUT2D eigenvalue weighted by Gasteiger charge is -2.48. The Balaban J connectivity index is 2.28. The van der Waals surface area contributed by atoms with Crippen LogP contribution in [0.2, 0.25) is 0 Å². The van der Waals surface area contributed by atoms with Crippen LogP contribution in [0.1, 0.15) is 100 Å². The van der Waals surface area contributed by atoms with Crippen LogP contribution < -0.4 is 0 Å². The molecule has 2 nitrogen and oxygen atoms in total. The van der Waals surface area contributed by atoms with Crippen molar-refractivity contribution >= 4 is 5.97 Å². The van der Waals surface area contributed by atoms with E-state index in [1.807, 2.05) is 0 Å². The van der Waals surface area contributed by atoms with Gasteiger partial charge in [-0.05, 0) is 74.5 Å². The number of carbonyl (C=O) groups is 1. The number of carbonyl (C=O) groups excluding carboxylic acids is 1. The van der Waals surface area contributed by atoms with Gasteiger partial charge in [-0.15, -0.1) is 0 Å². The second-order valence-electron chi connectivity index (χ2n) is 10.7.